The van der Waals surface area contributed by atoms with Gasteiger partial charge in [-0.3, -0.25) is 4.98 Å². The lowest BCUT2D eigenvalue weighted by Gasteiger charge is -2.11. The molecular weight excluding hydrogens is 267 g/mol. The molecule has 1 aromatic carbocycles. The molecule has 0 spiro atoms. The van der Waals surface area contributed by atoms with Crippen LogP contribution in [0.25, 0.3) is 11.3 Å². The van der Waals surface area contributed by atoms with Gasteiger partial charge in [0.2, 0.25) is 0 Å². The Hall–Kier alpha value is -1.09. The zero-order valence-electron chi connectivity index (χ0n) is 10.2. The molecular formula is C14H14Cl2N2. The zero-order valence-corrected chi connectivity index (χ0v) is 11.8. The molecule has 18 heavy (non-hydrogen) atoms. The van der Waals surface area contributed by atoms with Gasteiger partial charge in [0, 0.05) is 17.3 Å². The Morgan fingerprint density at radius 2 is 1.83 bits per heavy atom. The van der Waals surface area contributed by atoms with Crippen molar-refractivity contribution in [1.29, 1.82) is 0 Å². The van der Waals surface area contributed by atoms with Gasteiger partial charge in [-0.05, 0) is 37.6 Å². The van der Waals surface area contributed by atoms with E-state index in [-0.39, 0.29) is 6.04 Å². The fourth-order valence-electron chi connectivity index (χ4n) is 1.87. The first kappa shape index (κ1) is 13.3. The van der Waals surface area contributed by atoms with Gasteiger partial charge in [-0.15, -0.1) is 0 Å². The van der Waals surface area contributed by atoms with Crippen molar-refractivity contribution in [3.63, 3.8) is 0 Å². The molecule has 0 fully saturated rings. The standard InChI is InChI=1S/C14H14Cl2N2/c1-8(17)11-4-6-14(18-9(11)2)10-3-5-12(15)13(16)7-10/h3-8H,17H2,1-2H3. The van der Waals surface area contributed by atoms with Crippen LogP contribution in [0.2, 0.25) is 10.0 Å². The first-order chi connectivity index (χ1) is 8.49. The smallest absolute Gasteiger partial charge is 0.0705 e. The molecule has 0 aliphatic heterocycles. The lowest BCUT2D eigenvalue weighted by Crippen LogP contribution is -2.08. The van der Waals surface area contributed by atoms with Crippen LogP contribution in [-0.2, 0) is 0 Å². The van der Waals surface area contributed by atoms with E-state index in [1.54, 1.807) is 6.07 Å². The molecule has 2 aromatic rings. The number of pyridine rings is 1. The van der Waals surface area contributed by atoms with Crippen LogP contribution in [0, 0.1) is 6.92 Å². The van der Waals surface area contributed by atoms with Crippen molar-refractivity contribution < 1.29 is 0 Å². The molecule has 2 rings (SSSR count). The molecule has 0 bridgehead atoms. The van der Waals surface area contributed by atoms with Gasteiger partial charge in [0.05, 0.1) is 15.7 Å². The van der Waals surface area contributed by atoms with Crippen LogP contribution >= 0.6 is 23.2 Å². The van der Waals surface area contributed by atoms with Gasteiger partial charge in [0.1, 0.15) is 0 Å². The van der Waals surface area contributed by atoms with Crippen LogP contribution in [0.5, 0.6) is 0 Å². The summed E-state index contributed by atoms with van der Waals surface area (Å²) in [5, 5.41) is 1.08. The number of benzene rings is 1. The third-order valence-electron chi connectivity index (χ3n) is 2.83. The van der Waals surface area contributed by atoms with Gasteiger partial charge in [-0.25, -0.2) is 0 Å². The maximum atomic E-state index is 6.01. The predicted octanol–water partition coefficient (Wildman–Crippen LogP) is 4.38. The molecule has 1 aromatic heterocycles. The minimum Gasteiger partial charge on any atom is -0.324 e. The monoisotopic (exact) mass is 280 g/mol. The maximum absolute atomic E-state index is 6.01. The normalized spacial score (nSPS) is 12.5. The summed E-state index contributed by atoms with van der Waals surface area (Å²) in [7, 11) is 0. The van der Waals surface area contributed by atoms with Crippen molar-refractivity contribution in [1.82, 2.24) is 4.98 Å². The van der Waals surface area contributed by atoms with Gasteiger partial charge in [0.15, 0.2) is 0 Å². The van der Waals surface area contributed by atoms with E-state index in [0.29, 0.717) is 10.0 Å². The third-order valence-corrected chi connectivity index (χ3v) is 3.57. The second kappa shape index (κ2) is 5.27. The summed E-state index contributed by atoms with van der Waals surface area (Å²) in [5.74, 6) is 0. The summed E-state index contributed by atoms with van der Waals surface area (Å²) in [5.41, 5.74) is 9.68. The second-order valence-corrected chi connectivity index (χ2v) is 5.10. The van der Waals surface area contributed by atoms with Crippen molar-refractivity contribution >= 4 is 23.2 Å². The highest BCUT2D eigenvalue weighted by molar-refractivity contribution is 6.42. The van der Waals surface area contributed by atoms with Crippen molar-refractivity contribution in [3.8, 4) is 11.3 Å². The van der Waals surface area contributed by atoms with Crippen LogP contribution in [0.3, 0.4) is 0 Å². The van der Waals surface area contributed by atoms with E-state index >= 15 is 0 Å². The molecule has 0 saturated heterocycles. The quantitative estimate of drug-likeness (QED) is 0.887. The first-order valence-corrected chi connectivity index (χ1v) is 6.43. The maximum Gasteiger partial charge on any atom is 0.0705 e. The summed E-state index contributed by atoms with van der Waals surface area (Å²) in [6, 6.07) is 9.44. The molecule has 1 heterocycles. The summed E-state index contributed by atoms with van der Waals surface area (Å²) in [6.07, 6.45) is 0. The Balaban J connectivity index is 2.45. The second-order valence-electron chi connectivity index (χ2n) is 4.29. The summed E-state index contributed by atoms with van der Waals surface area (Å²) in [4.78, 5) is 4.55. The van der Waals surface area contributed by atoms with Crippen LogP contribution in [0.4, 0.5) is 0 Å². The van der Waals surface area contributed by atoms with Gasteiger partial charge >= 0.3 is 0 Å². The largest absolute Gasteiger partial charge is 0.324 e. The molecule has 4 heteroatoms. The molecule has 0 saturated carbocycles. The van der Waals surface area contributed by atoms with E-state index in [1.165, 1.54) is 0 Å². The highest BCUT2D eigenvalue weighted by atomic mass is 35.5. The molecule has 2 nitrogen and oxygen atoms in total. The number of nitrogens with zero attached hydrogens (tertiary/aromatic N) is 1. The SMILES string of the molecule is Cc1nc(-c2ccc(Cl)c(Cl)c2)ccc1C(C)N. The van der Waals surface area contributed by atoms with Gasteiger partial charge < -0.3 is 5.73 Å². The minimum atomic E-state index is -0.0136. The lowest BCUT2D eigenvalue weighted by molar-refractivity contribution is 0.800. The van der Waals surface area contributed by atoms with Gasteiger partial charge in [0.25, 0.3) is 0 Å². The van der Waals surface area contributed by atoms with Crippen molar-refractivity contribution in [2.24, 2.45) is 5.73 Å². The van der Waals surface area contributed by atoms with E-state index < -0.39 is 0 Å². The highest BCUT2D eigenvalue weighted by Gasteiger charge is 2.08. The van der Waals surface area contributed by atoms with Gasteiger partial charge in [-0.1, -0.05) is 35.3 Å². The minimum absolute atomic E-state index is 0.0136. The number of hydrogen-bond acceptors (Lipinski definition) is 2. The van der Waals surface area contributed by atoms with Crippen LogP contribution in [-0.4, -0.2) is 4.98 Å². The number of nitrogens with two attached hydrogens (primary N) is 1. The average Bonchev–Trinajstić information content (AvgIpc) is 2.32. The van der Waals surface area contributed by atoms with E-state index in [1.807, 2.05) is 38.1 Å². The summed E-state index contributed by atoms with van der Waals surface area (Å²) in [6.45, 7) is 3.91. The molecule has 0 amide bonds. The fourth-order valence-corrected chi connectivity index (χ4v) is 2.17. The fraction of sp³-hybridized carbons (Fsp3) is 0.214. The Morgan fingerprint density at radius 1 is 1.11 bits per heavy atom. The van der Waals surface area contributed by atoms with Gasteiger partial charge in [-0.2, -0.15) is 0 Å². The molecule has 0 radical (unpaired) electrons. The van der Waals surface area contributed by atoms with Crippen molar-refractivity contribution in [3.05, 3.63) is 51.6 Å². The lowest BCUT2D eigenvalue weighted by atomic mass is 10.1. The number of aromatic nitrogens is 1. The molecule has 0 aliphatic rings. The Kier molecular flexibility index (Phi) is 3.91. The number of rotatable bonds is 2. The Labute approximate surface area is 117 Å². The molecule has 2 N–H and O–H groups in total. The molecule has 94 valence electrons. The topological polar surface area (TPSA) is 38.9 Å². The van der Waals surface area contributed by atoms with E-state index in [0.717, 1.165) is 22.5 Å². The summed E-state index contributed by atoms with van der Waals surface area (Å²) >= 11 is 11.9. The van der Waals surface area contributed by atoms with Crippen LogP contribution < -0.4 is 5.73 Å². The number of halogens is 2. The van der Waals surface area contributed by atoms with E-state index in [2.05, 4.69) is 4.98 Å². The average molecular weight is 281 g/mol. The Morgan fingerprint density at radius 3 is 2.39 bits per heavy atom. The zero-order chi connectivity index (χ0) is 13.3. The first-order valence-electron chi connectivity index (χ1n) is 5.67. The molecule has 1 atom stereocenters. The van der Waals surface area contributed by atoms with E-state index in [4.69, 9.17) is 28.9 Å². The predicted molar refractivity (Wildman–Crippen MR) is 77.0 cm³/mol. The Bertz CT molecular complexity index is 580. The number of aryl methyl sites for hydroxylation is 1. The van der Waals surface area contributed by atoms with Crippen molar-refractivity contribution in [2.45, 2.75) is 19.9 Å². The molecule has 1 unspecified atom stereocenters. The van der Waals surface area contributed by atoms with E-state index in [9.17, 15) is 0 Å². The van der Waals surface area contributed by atoms with Crippen LogP contribution in [0.1, 0.15) is 24.2 Å². The molecule has 0 aliphatic carbocycles. The summed E-state index contributed by atoms with van der Waals surface area (Å²) < 4.78 is 0. The van der Waals surface area contributed by atoms with Crippen LogP contribution in [0.15, 0.2) is 30.3 Å². The van der Waals surface area contributed by atoms with Crippen molar-refractivity contribution in [2.75, 3.05) is 0 Å². The number of hydrogen-bond donors (Lipinski definition) is 1. The third kappa shape index (κ3) is 2.66. The highest BCUT2D eigenvalue weighted by Crippen LogP contribution is 2.28.